The summed E-state index contributed by atoms with van der Waals surface area (Å²) < 4.78 is 0. The summed E-state index contributed by atoms with van der Waals surface area (Å²) in [6.45, 7) is 3.67. The van der Waals surface area contributed by atoms with Crippen LogP contribution in [0.1, 0.15) is 23.2 Å². The van der Waals surface area contributed by atoms with Crippen LogP contribution in [0.2, 0.25) is 5.02 Å². The van der Waals surface area contributed by atoms with Gasteiger partial charge in [-0.15, -0.1) is 0 Å². The molecule has 0 atom stereocenters. The highest BCUT2D eigenvalue weighted by Gasteiger charge is 2.25. The van der Waals surface area contributed by atoms with Gasteiger partial charge in [-0.1, -0.05) is 17.7 Å². The molecular formula is C17H22ClN3O2. The maximum absolute atomic E-state index is 12.4. The number of hydrogen-bond donors (Lipinski definition) is 1. The van der Waals surface area contributed by atoms with Crippen molar-refractivity contribution in [2.75, 3.05) is 39.3 Å². The molecule has 124 valence electrons. The highest BCUT2D eigenvalue weighted by atomic mass is 35.5. The van der Waals surface area contributed by atoms with Crippen molar-refractivity contribution in [1.29, 1.82) is 0 Å². The van der Waals surface area contributed by atoms with E-state index in [1.54, 1.807) is 29.2 Å². The second-order valence-electron chi connectivity index (χ2n) is 6.26. The Balaban J connectivity index is 1.45. The van der Waals surface area contributed by atoms with Gasteiger partial charge in [0, 0.05) is 36.8 Å². The van der Waals surface area contributed by atoms with Gasteiger partial charge in [0.25, 0.3) is 5.91 Å². The van der Waals surface area contributed by atoms with E-state index in [1.807, 2.05) is 4.90 Å². The topological polar surface area (TPSA) is 52.7 Å². The summed E-state index contributed by atoms with van der Waals surface area (Å²) in [5, 5.41) is 3.79. The maximum Gasteiger partial charge on any atom is 0.254 e. The first kappa shape index (κ1) is 16.3. The first-order valence-electron chi connectivity index (χ1n) is 8.17. The first-order chi connectivity index (χ1) is 11.1. The standard InChI is InChI=1S/C17H22ClN3O2/c18-15-3-1-2-14(10-15)17(23)21-8-6-20(7-9-21)16(22)12-19-11-13-4-5-13/h1-3,10,13,19H,4-9,11-12H2. The van der Waals surface area contributed by atoms with Gasteiger partial charge in [0.1, 0.15) is 0 Å². The smallest absolute Gasteiger partial charge is 0.254 e. The summed E-state index contributed by atoms with van der Waals surface area (Å²) in [7, 11) is 0. The number of piperazine rings is 1. The Morgan fingerprint density at radius 3 is 2.48 bits per heavy atom. The molecule has 2 fully saturated rings. The molecule has 1 aromatic carbocycles. The Kier molecular flexibility index (Phi) is 5.18. The zero-order chi connectivity index (χ0) is 16.2. The van der Waals surface area contributed by atoms with Crippen molar-refractivity contribution in [1.82, 2.24) is 15.1 Å². The predicted octanol–water partition coefficient (Wildman–Crippen LogP) is 1.62. The average molecular weight is 336 g/mol. The van der Waals surface area contributed by atoms with E-state index in [4.69, 9.17) is 11.6 Å². The minimum absolute atomic E-state index is 0.0218. The van der Waals surface area contributed by atoms with Gasteiger partial charge in [-0.05, 0) is 43.5 Å². The Hall–Kier alpha value is -1.59. The number of amides is 2. The number of carbonyl (C=O) groups excluding carboxylic acids is 2. The number of hydrogen-bond acceptors (Lipinski definition) is 3. The minimum atomic E-state index is -0.0218. The predicted molar refractivity (Wildman–Crippen MR) is 89.5 cm³/mol. The number of rotatable bonds is 5. The van der Waals surface area contributed by atoms with Crippen LogP contribution in [0.15, 0.2) is 24.3 Å². The molecule has 1 heterocycles. The Morgan fingerprint density at radius 2 is 1.83 bits per heavy atom. The van der Waals surface area contributed by atoms with Crippen LogP contribution in [0.4, 0.5) is 0 Å². The highest BCUT2D eigenvalue weighted by molar-refractivity contribution is 6.30. The lowest BCUT2D eigenvalue weighted by molar-refractivity contribution is -0.131. The molecule has 5 nitrogen and oxygen atoms in total. The summed E-state index contributed by atoms with van der Waals surface area (Å²) in [4.78, 5) is 28.2. The fraction of sp³-hybridized carbons (Fsp3) is 0.529. The van der Waals surface area contributed by atoms with Crippen LogP contribution >= 0.6 is 11.6 Å². The van der Waals surface area contributed by atoms with Gasteiger partial charge in [-0.2, -0.15) is 0 Å². The Labute approximate surface area is 141 Å². The molecule has 23 heavy (non-hydrogen) atoms. The third-order valence-corrected chi connectivity index (χ3v) is 4.63. The molecule has 1 aromatic rings. The van der Waals surface area contributed by atoms with Crippen molar-refractivity contribution in [3.63, 3.8) is 0 Å². The van der Waals surface area contributed by atoms with Crippen molar-refractivity contribution >= 4 is 23.4 Å². The van der Waals surface area contributed by atoms with Crippen LogP contribution in [0, 0.1) is 5.92 Å². The largest absolute Gasteiger partial charge is 0.338 e. The number of nitrogens with one attached hydrogen (secondary N) is 1. The van der Waals surface area contributed by atoms with Crippen molar-refractivity contribution in [2.24, 2.45) is 5.92 Å². The SMILES string of the molecule is O=C(CNCC1CC1)N1CCN(C(=O)c2cccc(Cl)c2)CC1. The summed E-state index contributed by atoms with van der Waals surface area (Å²) in [5.41, 5.74) is 0.600. The molecule has 1 N–H and O–H groups in total. The highest BCUT2D eigenvalue weighted by Crippen LogP contribution is 2.27. The lowest BCUT2D eigenvalue weighted by Crippen LogP contribution is -2.52. The molecule has 0 spiro atoms. The Morgan fingerprint density at radius 1 is 1.13 bits per heavy atom. The second kappa shape index (κ2) is 7.32. The van der Waals surface area contributed by atoms with Crippen molar-refractivity contribution in [3.05, 3.63) is 34.9 Å². The fourth-order valence-corrected chi connectivity index (χ4v) is 2.97. The number of carbonyl (C=O) groups is 2. The van der Waals surface area contributed by atoms with Gasteiger partial charge in [-0.3, -0.25) is 9.59 Å². The summed E-state index contributed by atoms with van der Waals surface area (Å²) in [6, 6.07) is 6.99. The third-order valence-electron chi connectivity index (χ3n) is 4.40. The second-order valence-corrected chi connectivity index (χ2v) is 6.69. The average Bonchev–Trinajstić information content (AvgIpc) is 3.38. The molecular weight excluding hydrogens is 314 g/mol. The van der Waals surface area contributed by atoms with E-state index in [0.717, 1.165) is 12.5 Å². The maximum atomic E-state index is 12.4. The lowest BCUT2D eigenvalue weighted by Gasteiger charge is -2.35. The van der Waals surface area contributed by atoms with Crippen LogP contribution in [0.5, 0.6) is 0 Å². The van der Waals surface area contributed by atoms with Gasteiger partial charge < -0.3 is 15.1 Å². The molecule has 0 radical (unpaired) electrons. The molecule has 0 unspecified atom stereocenters. The zero-order valence-electron chi connectivity index (χ0n) is 13.1. The molecule has 1 aliphatic heterocycles. The molecule has 6 heteroatoms. The van der Waals surface area contributed by atoms with Gasteiger partial charge >= 0.3 is 0 Å². The van der Waals surface area contributed by atoms with Gasteiger partial charge in [0.15, 0.2) is 0 Å². The van der Waals surface area contributed by atoms with Crippen molar-refractivity contribution in [2.45, 2.75) is 12.8 Å². The fourth-order valence-electron chi connectivity index (χ4n) is 2.78. The van der Waals surface area contributed by atoms with Gasteiger partial charge in [0.05, 0.1) is 6.54 Å². The monoisotopic (exact) mass is 335 g/mol. The van der Waals surface area contributed by atoms with Crippen LogP contribution in [-0.4, -0.2) is 60.9 Å². The summed E-state index contributed by atoms with van der Waals surface area (Å²) in [6.07, 6.45) is 2.57. The van der Waals surface area contributed by atoms with Crippen molar-refractivity contribution < 1.29 is 9.59 Å². The molecule has 2 amide bonds. The van der Waals surface area contributed by atoms with Crippen LogP contribution in [0.3, 0.4) is 0 Å². The van der Waals surface area contributed by atoms with E-state index in [-0.39, 0.29) is 11.8 Å². The minimum Gasteiger partial charge on any atom is -0.338 e. The van der Waals surface area contributed by atoms with E-state index in [2.05, 4.69) is 5.32 Å². The number of halogens is 1. The first-order valence-corrected chi connectivity index (χ1v) is 8.54. The van der Waals surface area contributed by atoms with E-state index < -0.39 is 0 Å². The molecule has 1 saturated carbocycles. The van der Waals surface area contributed by atoms with Crippen LogP contribution < -0.4 is 5.32 Å². The lowest BCUT2D eigenvalue weighted by atomic mass is 10.2. The number of benzene rings is 1. The molecule has 2 aliphatic rings. The normalized spacial score (nSPS) is 18.1. The molecule has 1 aliphatic carbocycles. The van der Waals surface area contributed by atoms with Crippen LogP contribution in [0.25, 0.3) is 0 Å². The summed E-state index contributed by atoms with van der Waals surface area (Å²) >= 11 is 5.94. The summed E-state index contributed by atoms with van der Waals surface area (Å²) in [5.74, 6) is 0.877. The van der Waals surface area contributed by atoms with E-state index in [1.165, 1.54) is 12.8 Å². The Bertz CT molecular complexity index is 581. The number of nitrogens with zero attached hydrogens (tertiary/aromatic N) is 2. The molecule has 3 rings (SSSR count). The molecule has 1 saturated heterocycles. The van der Waals surface area contributed by atoms with Crippen molar-refractivity contribution in [3.8, 4) is 0 Å². The van der Waals surface area contributed by atoms with E-state index >= 15 is 0 Å². The van der Waals surface area contributed by atoms with Gasteiger partial charge in [-0.25, -0.2) is 0 Å². The van der Waals surface area contributed by atoms with Crippen LogP contribution in [-0.2, 0) is 4.79 Å². The molecule has 0 aromatic heterocycles. The third kappa shape index (κ3) is 4.45. The van der Waals surface area contributed by atoms with E-state index in [9.17, 15) is 9.59 Å². The van der Waals surface area contributed by atoms with Gasteiger partial charge in [0.2, 0.25) is 5.91 Å². The van der Waals surface area contributed by atoms with E-state index in [0.29, 0.717) is 43.3 Å². The molecule has 0 bridgehead atoms. The zero-order valence-corrected chi connectivity index (χ0v) is 13.9. The quantitative estimate of drug-likeness (QED) is 0.889.